The fourth-order valence-electron chi connectivity index (χ4n) is 5.29. The molecule has 2 fully saturated rings. The summed E-state index contributed by atoms with van der Waals surface area (Å²) in [5.74, 6) is -0.778. The summed E-state index contributed by atoms with van der Waals surface area (Å²) in [6, 6.07) is 13.2. The molecule has 4 rings (SSSR count). The van der Waals surface area contributed by atoms with Crippen molar-refractivity contribution in [3.63, 3.8) is 0 Å². The van der Waals surface area contributed by atoms with E-state index in [0.717, 1.165) is 11.1 Å². The molecular weight excluding hydrogens is 487 g/mol. The number of nitrogens with one attached hydrogen (secondary N) is 2. The van der Waals surface area contributed by atoms with Crippen LogP contribution in [0.25, 0.3) is 0 Å². The number of halogens is 3. The molecule has 0 spiro atoms. The molecule has 0 aromatic heterocycles. The first-order valence-corrected chi connectivity index (χ1v) is 11.9. The molecule has 1 saturated heterocycles. The molecule has 2 aromatic carbocycles. The Kier molecular flexibility index (Phi) is 7.51. The zero-order valence-corrected chi connectivity index (χ0v) is 20.3. The van der Waals surface area contributed by atoms with E-state index >= 15 is 0 Å². The van der Waals surface area contributed by atoms with Crippen molar-refractivity contribution in [1.82, 2.24) is 10.6 Å². The number of hydrogen-bond donors (Lipinski definition) is 2. The number of methoxy groups -OCH3 is 1. The predicted octanol–water partition coefficient (Wildman–Crippen LogP) is 4.53. The third-order valence-corrected chi connectivity index (χ3v) is 7.47. The second kappa shape index (κ2) is 10.2. The van der Waals surface area contributed by atoms with Crippen LogP contribution >= 0.6 is 34.8 Å². The van der Waals surface area contributed by atoms with E-state index in [1.165, 1.54) is 7.11 Å². The minimum atomic E-state index is -1.03. The average Bonchev–Trinajstić information content (AvgIpc) is 3.10. The van der Waals surface area contributed by atoms with Gasteiger partial charge >= 0.3 is 0 Å². The molecule has 2 aromatic rings. The van der Waals surface area contributed by atoms with Crippen molar-refractivity contribution >= 4 is 46.6 Å². The Bertz CT molecular complexity index is 1030. The number of ether oxygens (including phenoxy) is 2. The Morgan fingerprint density at radius 2 is 1.88 bits per heavy atom. The van der Waals surface area contributed by atoms with Crippen LogP contribution in [0.5, 0.6) is 0 Å². The number of carbonyl (C=O) groups excluding carboxylic acids is 2. The topological polar surface area (TPSA) is 76.7 Å². The van der Waals surface area contributed by atoms with E-state index in [0.29, 0.717) is 34.5 Å². The summed E-state index contributed by atoms with van der Waals surface area (Å²) < 4.78 is 10.0. The first-order valence-electron chi connectivity index (χ1n) is 10.7. The Balaban J connectivity index is 1.72. The van der Waals surface area contributed by atoms with Crippen molar-refractivity contribution in [3.05, 3.63) is 68.7 Å². The van der Waals surface area contributed by atoms with Gasteiger partial charge < -0.3 is 20.1 Å². The molecule has 2 aliphatic rings. The highest BCUT2D eigenvalue weighted by Crippen LogP contribution is 2.54. The molecule has 176 valence electrons. The van der Waals surface area contributed by atoms with Crippen LogP contribution in [0, 0.1) is 5.92 Å². The Labute approximate surface area is 207 Å². The maximum absolute atomic E-state index is 13.1. The van der Waals surface area contributed by atoms with Crippen LogP contribution in [0.4, 0.5) is 0 Å². The number of fused-ring (bicyclic) bond motifs is 1. The fraction of sp³-hybridized carbons (Fsp3) is 0.417. The van der Waals surface area contributed by atoms with Crippen molar-refractivity contribution in [2.24, 2.45) is 5.92 Å². The third kappa shape index (κ3) is 4.86. The van der Waals surface area contributed by atoms with E-state index in [4.69, 9.17) is 44.3 Å². The lowest BCUT2D eigenvalue weighted by Gasteiger charge is -2.46. The van der Waals surface area contributed by atoms with Gasteiger partial charge in [0.25, 0.3) is 0 Å². The quantitative estimate of drug-likeness (QED) is 0.423. The van der Waals surface area contributed by atoms with Gasteiger partial charge in [-0.25, -0.2) is 0 Å². The zero-order valence-electron chi connectivity index (χ0n) is 18.1. The van der Waals surface area contributed by atoms with Crippen molar-refractivity contribution in [2.45, 2.75) is 30.2 Å². The normalized spacial score (nSPS) is 26.5. The first-order chi connectivity index (χ1) is 15.9. The highest BCUT2D eigenvalue weighted by Gasteiger charge is 2.58. The highest BCUT2D eigenvalue weighted by atomic mass is 35.5. The van der Waals surface area contributed by atoms with Crippen molar-refractivity contribution in [1.29, 1.82) is 0 Å². The summed E-state index contributed by atoms with van der Waals surface area (Å²) in [5, 5.41) is 7.77. The van der Waals surface area contributed by atoms with Gasteiger partial charge in [0.2, 0.25) is 11.8 Å². The molecule has 0 radical (unpaired) electrons. The van der Waals surface area contributed by atoms with Crippen LogP contribution in [-0.4, -0.2) is 44.4 Å². The van der Waals surface area contributed by atoms with Gasteiger partial charge in [0.1, 0.15) is 18.9 Å². The molecule has 6 nitrogen and oxygen atoms in total. The van der Waals surface area contributed by atoms with Gasteiger partial charge in [0.15, 0.2) is 0 Å². The Morgan fingerprint density at radius 3 is 2.58 bits per heavy atom. The van der Waals surface area contributed by atoms with E-state index in [1.807, 2.05) is 36.4 Å². The summed E-state index contributed by atoms with van der Waals surface area (Å²) in [7, 11) is 1.48. The van der Waals surface area contributed by atoms with Crippen LogP contribution in [0.2, 0.25) is 15.1 Å². The van der Waals surface area contributed by atoms with Crippen LogP contribution in [0.1, 0.15) is 35.8 Å². The van der Waals surface area contributed by atoms with Gasteiger partial charge in [-0.15, -0.1) is 0 Å². The fourth-order valence-corrected chi connectivity index (χ4v) is 5.97. The molecule has 1 heterocycles. The second-order valence-electron chi connectivity index (χ2n) is 8.48. The SMILES string of the molecule is COCOCC(=O)N[C@@]12CC[C@@H](c3ccc(Cl)cc3Cl)[C@H](c3ccc(Cl)cc3)[C@@H]1CNC2=O. The Morgan fingerprint density at radius 1 is 1.15 bits per heavy atom. The third-order valence-electron chi connectivity index (χ3n) is 6.65. The van der Waals surface area contributed by atoms with Crippen molar-refractivity contribution < 1.29 is 19.1 Å². The number of benzene rings is 2. The number of amides is 2. The smallest absolute Gasteiger partial charge is 0.246 e. The van der Waals surface area contributed by atoms with E-state index in [1.54, 1.807) is 6.07 Å². The Hall–Kier alpha value is -1.83. The van der Waals surface area contributed by atoms with Crippen LogP contribution < -0.4 is 10.6 Å². The lowest BCUT2D eigenvalue weighted by atomic mass is 9.60. The molecule has 33 heavy (non-hydrogen) atoms. The lowest BCUT2D eigenvalue weighted by molar-refractivity contribution is -0.139. The summed E-state index contributed by atoms with van der Waals surface area (Å²) in [6.45, 7) is 0.251. The minimum absolute atomic E-state index is 0.000580. The van der Waals surface area contributed by atoms with Crippen LogP contribution in [0.15, 0.2) is 42.5 Å². The molecule has 4 atom stereocenters. The van der Waals surface area contributed by atoms with Crippen molar-refractivity contribution in [2.75, 3.05) is 27.1 Å². The molecule has 9 heteroatoms. The van der Waals surface area contributed by atoms with E-state index in [9.17, 15) is 9.59 Å². The number of rotatable bonds is 7. The van der Waals surface area contributed by atoms with Gasteiger partial charge in [-0.3, -0.25) is 9.59 Å². The summed E-state index contributed by atoms with van der Waals surface area (Å²) >= 11 is 18.9. The molecule has 1 aliphatic heterocycles. The minimum Gasteiger partial charge on any atom is -0.359 e. The lowest BCUT2D eigenvalue weighted by Crippen LogP contribution is -2.61. The van der Waals surface area contributed by atoms with Gasteiger partial charge in [-0.05, 0) is 60.1 Å². The van der Waals surface area contributed by atoms with E-state index in [-0.39, 0.29) is 43.0 Å². The second-order valence-corrected chi connectivity index (χ2v) is 9.76. The molecule has 0 bridgehead atoms. The van der Waals surface area contributed by atoms with Gasteiger partial charge in [-0.1, -0.05) is 53.0 Å². The van der Waals surface area contributed by atoms with Crippen molar-refractivity contribution in [3.8, 4) is 0 Å². The van der Waals surface area contributed by atoms with Crippen LogP contribution in [0.3, 0.4) is 0 Å². The molecule has 1 saturated carbocycles. The van der Waals surface area contributed by atoms with Gasteiger partial charge in [0, 0.05) is 34.6 Å². The van der Waals surface area contributed by atoms with E-state index < -0.39 is 5.54 Å². The summed E-state index contributed by atoms with van der Waals surface area (Å²) in [5.41, 5.74) is 0.974. The van der Waals surface area contributed by atoms with E-state index in [2.05, 4.69) is 10.6 Å². The molecule has 2 amide bonds. The number of hydrogen-bond acceptors (Lipinski definition) is 4. The first kappa shape index (κ1) is 24.3. The molecule has 0 unspecified atom stereocenters. The molecule has 2 N–H and O–H groups in total. The van der Waals surface area contributed by atoms with Crippen LogP contribution in [-0.2, 0) is 19.1 Å². The predicted molar refractivity (Wildman–Crippen MR) is 128 cm³/mol. The maximum Gasteiger partial charge on any atom is 0.246 e. The van der Waals surface area contributed by atoms with Gasteiger partial charge in [-0.2, -0.15) is 0 Å². The summed E-state index contributed by atoms with van der Waals surface area (Å²) in [4.78, 5) is 25.8. The van der Waals surface area contributed by atoms with Gasteiger partial charge in [0.05, 0.1) is 0 Å². The summed E-state index contributed by atoms with van der Waals surface area (Å²) in [6.07, 6.45) is 1.13. The zero-order chi connectivity index (χ0) is 23.6. The highest BCUT2D eigenvalue weighted by molar-refractivity contribution is 6.35. The standard InChI is InChI=1S/C24H25Cl3N2O4/c1-32-13-33-12-21(30)29-24-9-8-18(17-7-6-16(26)10-20(17)27)22(19(24)11-28-23(24)31)14-2-4-15(25)5-3-14/h2-7,10,18-19,22H,8-9,11-13H2,1H3,(H,28,31)(H,29,30)/t18-,19-,22-,24-/m0/s1. The number of carbonyl (C=O) groups is 2. The largest absolute Gasteiger partial charge is 0.359 e. The monoisotopic (exact) mass is 510 g/mol. The average molecular weight is 512 g/mol. The maximum atomic E-state index is 13.1. The molecule has 1 aliphatic carbocycles. The molecular formula is C24H25Cl3N2O4.